The van der Waals surface area contributed by atoms with Crippen molar-refractivity contribution in [2.75, 3.05) is 13.7 Å². The first-order valence-corrected chi connectivity index (χ1v) is 11.4. The monoisotopic (exact) mass is 451 g/mol. The number of rotatable bonds is 5. The Morgan fingerprint density at radius 3 is 2.56 bits per heavy atom. The molecule has 1 atom stereocenters. The van der Waals surface area contributed by atoms with Crippen molar-refractivity contribution in [1.29, 1.82) is 0 Å². The average Bonchev–Trinajstić information content (AvgIpc) is 3.13. The number of benzene rings is 1. The summed E-state index contributed by atoms with van der Waals surface area (Å²) in [5, 5.41) is 0. The number of aliphatic imine (C=N–C) groups is 1. The van der Waals surface area contributed by atoms with Crippen LogP contribution < -0.4 is 5.73 Å². The van der Waals surface area contributed by atoms with Crippen LogP contribution in [0.4, 0.5) is 13.2 Å². The second kappa shape index (κ2) is 8.04. The molecule has 1 saturated carbocycles. The Labute approximate surface area is 187 Å². The lowest BCUT2D eigenvalue weighted by Gasteiger charge is -2.45. The number of fused-ring (bicyclic) bond motifs is 3. The number of carbonyl (C=O) groups excluding carboxylic acids is 1. The molecule has 2 N–H and O–H groups in total. The summed E-state index contributed by atoms with van der Waals surface area (Å²) in [5.41, 5.74) is 6.85. The first-order chi connectivity index (χ1) is 15.0. The van der Waals surface area contributed by atoms with Crippen LogP contribution in [0.15, 0.2) is 23.2 Å². The van der Waals surface area contributed by atoms with Crippen molar-refractivity contribution in [1.82, 2.24) is 4.90 Å². The van der Waals surface area contributed by atoms with Crippen molar-refractivity contribution in [3.05, 3.63) is 34.9 Å². The molecule has 0 aromatic heterocycles. The summed E-state index contributed by atoms with van der Waals surface area (Å²) in [7, 11) is 1.67. The minimum absolute atomic E-state index is 0.0899. The van der Waals surface area contributed by atoms with E-state index in [4.69, 9.17) is 10.5 Å². The quantitative estimate of drug-likeness (QED) is 0.725. The Morgan fingerprint density at radius 1 is 1.28 bits per heavy atom. The summed E-state index contributed by atoms with van der Waals surface area (Å²) in [4.78, 5) is 19.0. The van der Waals surface area contributed by atoms with E-state index in [0.717, 1.165) is 42.4 Å². The minimum Gasteiger partial charge on any atom is -0.381 e. The number of hydrogen-bond donors (Lipinski definition) is 1. The molecule has 1 heterocycles. The van der Waals surface area contributed by atoms with Gasteiger partial charge in [0.2, 0.25) is 0 Å². The second-order valence-electron chi connectivity index (χ2n) is 10.0. The number of carbonyl (C=O) groups is 1. The highest BCUT2D eigenvalue weighted by Crippen LogP contribution is 2.62. The molecule has 0 bridgehead atoms. The Hall–Kier alpha value is -2.09. The van der Waals surface area contributed by atoms with Gasteiger partial charge in [-0.1, -0.05) is 32.0 Å². The molecule has 8 heteroatoms. The van der Waals surface area contributed by atoms with Crippen LogP contribution in [0.2, 0.25) is 0 Å². The van der Waals surface area contributed by atoms with Gasteiger partial charge >= 0.3 is 6.18 Å². The third-order valence-corrected chi connectivity index (χ3v) is 7.54. The lowest BCUT2D eigenvalue weighted by Crippen LogP contribution is -2.53. The van der Waals surface area contributed by atoms with Gasteiger partial charge in [-0.15, -0.1) is 0 Å². The van der Waals surface area contributed by atoms with Crippen molar-refractivity contribution in [2.45, 2.75) is 76.6 Å². The summed E-state index contributed by atoms with van der Waals surface area (Å²) in [6, 6.07) is 6.12. The van der Waals surface area contributed by atoms with Gasteiger partial charge in [0, 0.05) is 12.5 Å². The summed E-state index contributed by atoms with van der Waals surface area (Å²) in [5.74, 6) is -0.444. The van der Waals surface area contributed by atoms with Gasteiger partial charge in [0.25, 0.3) is 5.91 Å². The topological polar surface area (TPSA) is 67.9 Å². The van der Waals surface area contributed by atoms with Gasteiger partial charge in [0.05, 0.1) is 6.10 Å². The summed E-state index contributed by atoms with van der Waals surface area (Å²) < 4.78 is 45.4. The molecule has 1 aromatic rings. The molecule has 0 saturated heterocycles. The molecule has 176 valence electrons. The van der Waals surface area contributed by atoms with E-state index in [0.29, 0.717) is 30.1 Å². The third-order valence-electron chi connectivity index (χ3n) is 7.54. The second-order valence-corrected chi connectivity index (χ2v) is 10.0. The molecule has 5 nitrogen and oxygen atoms in total. The summed E-state index contributed by atoms with van der Waals surface area (Å²) in [6.07, 6.45) is 0.795. The fourth-order valence-corrected chi connectivity index (χ4v) is 5.85. The van der Waals surface area contributed by atoms with E-state index in [1.54, 1.807) is 7.11 Å². The molecule has 0 radical (unpaired) electrons. The van der Waals surface area contributed by atoms with E-state index in [1.165, 1.54) is 0 Å². The van der Waals surface area contributed by atoms with Crippen molar-refractivity contribution in [2.24, 2.45) is 22.1 Å². The van der Waals surface area contributed by atoms with Crippen LogP contribution in [0.1, 0.15) is 62.6 Å². The minimum atomic E-state index is -4.55. The Kier molecular flexibility index (Phi) is 5.80. The van der Waals surface area contributed by atoms with Crippen molar-refractivity contribution in [3.63, 3.8) is 0 Å². The maximum Gasteiger partial charge on any atom is 0.406 e. The van der Waals surface area contributed by atoms with Crippen molar-refractivity contribution < 1.29 is 22.7 Å². The molecule has 4 rings (SSSR count). The van der Waals surface area contributed by atoms with Crippen LogP contribution in [0.25, 0.3) is 0 Å². The maximum atomic E-state index is 13.8. The molecule has 1 amide bonds. The molecular weight excluding hydrogens is 419 g/mol. The highest BCUT2D eigenvalue weighted by Gasteiger charge is 2.67. The lowest BCUT2D eigenvalue weighted by atomic mass is 9.61. The predicted octanol–water partition coefficient (Wildman–Crippen LogP) is 4.32. The Balaban J connectivity index is 1.80. The molecule has 1 aromatic carbocycles. The number of aryl methyl sites for hydroxylation is 1. The van der Waals surface area contributed by atoms with Crippen LogP contribution in [-0.2, 0) is 27.9 Å². The molecule has 2 spiro atoms. The Bertz CT molecular complexity index is 920. The SMILES string of the molecule is COC1CCC2(CC1)Cc1ccc(CCC(C)C)cc1C21N=C(N)N(CC(F)(F)F)C1=O. The van der Waals surface area contributed by atoms with Gasteiger partial charge in [-0.3, -0.25) is 9.69 Å². The van der Waals surface area contributed by atoms with E-state index in [-0.39, 0.29) is 12.1 Å². The fourth-order valence-electron chi connectivity index (χ4n) is 5.85. The van der Waals surface area contributed by atoms with E-state index in [1.807, 2.05) is 12.1 Å². The number of alkyl halides is 3. The smallest absolute Gasteiger partial charge is 0.381 e. The van der Waals surface area contributed by atoms with E-state index < -0.39 is 29.6 Å². The third kappa shape index (κ3) is 3.70. The molecule has 1 fully saturated rings. The van der Waals surface area contributed by atoms with Crippen molar-refractivity contribution >= 4 is 11.9 Å². The number of ether oxygens (including phenoxy) is 1. The number of nitrogens with two attached hydrogens (primary N) is 1. The first-order valence-electron chi connectivity index (χ1n) is 11.4. The molecule has 3 aliphatic rings. The zero-order chi connectivity index (χ0) is 23.3. The molecule has 32 heavy (non-hydrogen) atoms. The number of guanidine groups is 1. The van der Waals surface area contributed by atoms with E-state index in [9.17, 15) is 18.0 Å². The highest BCUT2D eigenvalue weighted by molar-refractivity contribution is 6.08. The molecular formula is C24H32F3N3O2. The average molecular weight is 452 g/mol. The highest BCUT2D eigenvalue weighted by atomic mass is 19.4. The van der Waals surface area contributed by atoms with Crippen LogP contribution >= 0.6 is 0 Å². The predicted molar refractivity (Wildman–Crippen MR) is 116 cm³/mol. The summed E-state index contributed by atoms with van der Waals surface area (Å²) >= 11 is 0. The van der Waals surface area contributed by atoms with E-state index >= 15 is 0 Å². The van der Waals surface area contributed by atoms with Gasteiger partial charge in [-0.05, 0) is 67.6 Å². The normalized spacial score (nSPS) is 30.0. The Morgan fingerprint density at radius 2 is 1.97 bits per heavy atom. The largest absolute Gasteiger partial charge is 0.406 e. The standard InChI is InChI=1S/C24H32F3N3O2/c1-15(2)4-5-16-6-7-17-13-22(10-8-18(32-3)9-11-22)24(19(17)12-16)20(31)30(21(28)29-24)14-23(25,26)27/h6-7,12,15,18H,4-5,8-11,13-14H2,1-3H3,(H2,28,29). The molecule has 1 unspecified atom stereocenters. The van der Waals surface area contributed by atoms with Crippen LogP contribution in [0, 0.1) is 11.3 Å². The zero-order valence-electron chi connectivity index (χ0n) is 19.0. The van der Waals surface area contributed by atoms with Crippen LogP contribution in [-0.4, -0.2) is 42.7 Å². The summed E-state index contributed by atoms with van der Waals surface area (Å²) in [6.45, 7) is 2.89. The number of methoxy groups -OCH3 is 1. The van der Waals surface area contributed by atoms with Gasteiger partial charge in [0.15, 0.2) is 11.5 Å². The lowest BCUT2D eigenvalue weighted by molar-refractivity contribution is -0.158. The maximum absolute atomic E-state index is 13.8. The number of amides is 1. The van der Waals surface area contributed by atoms with Gasteiger partial charge < -0.3 is 10.5 Å². The van der Waals surface area contributed by atoms with Gasteiger partial charge in [0.1, 0.15) is 6.54 Å². The fraction of sp³-hybridized carbons (Fsp3) is 0.667. The van der Waals surface area contributed by atoms with Crippen LogP contribution in [0.5, 0.6) is 0 Å². The molecule has 2 aliphatic carbocycles. The van der Waals surface area contributed by atoms with Gasteiger partial charge in [-0.25, -0.2) is 4.99 Å². The van der Waals surface area contributed by atoms with E-state index in [2.05, 4.69) is 24.9 Å². The van der Waals surface area contributed by atoms with Crippen molar-refractivity contribution in [3.8, 4) is 0 Å². The van der Waals surface area contributed by atoms with Gasteiger partial charge in [-0.2, -0.15) is 13.2 Å². The van der Waals surface area contributed by atoms with Crippen LogP contribution in [0.3, 0.4) is 0 Å². The number of nitrogens with zero attached hydrogens (tertiary/aromatic N) is 2. The number of hydrogen-bond acceptors (Lipinski definition) is 4. The number of halogens is 3. The molecule has 1 aliphatic heterocycles. The first kappa shape index (κ1) is 23.1. The zero-order valence-corrected chi connectivity index (χ0v) is 19.0.